The molecular weight excluding hydrogens is 138 g/mol. The zero-order chi connectivity index (χ0) is 7.78. The van der Waals surface area contributed by atoms with Gasteiger partial charge in [0.2, 0.25) is 0 Å². The van der Waals surface area contributed by atoms with Crippen LogP contribution in [-0.4, -0.2) is 17.1 Å². The van der Waals surface area contributed by atoms with Gasteiger partial charge < -0.3 is 5.11 Å². The van der Waals surface area contributed by atoms with Crippen molar-refractivity contribution in [1.82, 2.24) is 0 Å². The van der Waals surface area contributed by atoms with E-state index in [4.69, 9.17) is 5.11 Å². The fraction of sp³-hybridized carbons (Fsp3) is 1.00. The molecule has 1 rings (SSSR count). The third kappa shape index (κ3) is 1.90. The average Bonchev–Trinajstić information content (AvgIpc) is 2.48. The first-order valence-electron chi connectivity index (χ1n) is 3.58. The second-order valence-electron chi connectivity index (χ2n) is 3.08. The van der Waals surface area contributed by atoms with E-state index in [1.165, 1.54) is 0 Å². The Morgan fingerprint density at radius 1 is 1.60 bits per heavy atom. The van der Waals surface area contributed by atoms with Crippen LogP contribution in [0.5, 0.6) is 0 Å². The van der Waals surface area contributed by atoms with E-state index < -0.39 is 12.0 Å². The van der Waals surface area contributed by atoms with E-state index in [-0.39, 0.29) is 12.3 Å². The number of hydrogen-bond acceptors (Lipinski definition) is 1. The second kappa shape index (κ2) is 2.46. The Labute approximate surface area is 59.0 Å². The summed E-state index contributed by atoms with van der Waals surface area (Å²) in [5.41, 5.74) is 0. The van der Waals surface area contributed by atoms with Crippen LogP contribution >= 0.6 is 0 Å². The second-order valence-corrected chi connectivity index (χ2v) is 3.08. The molecule has 1 N–H and O–H groups in total. The first-order valence-corrected chi connectivity index (χ1v) is 3.58. The highest BCUT2D eigenvalue weighted by Crippen LogP contribution is 2.40. The minimum absolute atomic E-state index is 0.134. The van der Waals surface area contributed by atoms with Gasteiger partial charge in [-0.25, -0.2) is 8.78 Å². The quantitative estimate of drug-likeness (QED) is 0.650. The van der Waals surface area contributed by atoms with Gasteiger partial charge in [-0.3, -0.25) is 0 Å². The van der Waals surface area contributed by atoms with Crippen LogP contribution in [0.15, 0.2) is 0 Å². The van der Waals surface area contributed by atoms with Crippen molar-refractivity contribution in [2.45, 2.75) is 38.2 Å². The minimum atomic E-state index is -2.86. The standard InChI is InChI=1S/C7H12F2O/c1-5(10)7(8,9)4-6-2-3-6/h5-6,10H,2-4H2,1H3. The largest absolute Gasteiger partial charge is 0.387 e. The normalized spacial score (nSPS) is 22.8. The van der Waals surface area contributed by atoms with Gasteiger partial charge in [0.05, 0.1) is 0 Å². The molecular formula is C7H12F2O. The van der Waals surface area contributed by atoms with Crippen molar-refractivity contribution >= 4 is 0 Å². The summed E-state index contributed by atoms with van der Waals surface area (Å²) in [7, 11) is 0. The van der Waals surface area contributed by atoms with Gasteiger partial charge in [0.1, 0.15) is 6.10 Å². The highest BCUT2D eigenvalue weighted by atomic mass is 19.3. The number of aliphatic hydroxyl groups is 1. The fourth-order valence-corrected chi connectivity index (χ4v) is 0.877. The van der Waals surface area contributed by atoms with Crippen molar-refractivity contribution < 1.29 is 13.9 Å². The molecule has 1 nitrogen and oxygen atoms in total. The van der Waals surface area contributed by atoms with Gasteiger partial charge in [-0.1, -0.05) is 0 Å². The topological polar surface area (TPSA) is 20.2 Å². The monoisotopic (exact) mass is 150 g/mol. The number of halogens is 2. The molecule has 1 saturated carbocycles. The highest BCUT2D eigenvalue weighted by molar-refractivity contribution is 4.83. The lowest BCUT2D eigenvalue weighted by Gasteiger charge is -2.18. The minimum Gasteiger partial charge on any atom is -0.387 e. The Morgan fingerprint density at radius 3 is 2.40 bits per heavy atom. The van der Waals surface area contributed by atoms with E-state index in [0.717, 1.165) is 19.8 Å². The molecule has 1 fully saturated rings. The molecule has 1 unspecified atom stereocenters. The summed E-state index contributed by atoms with van der Waals surface area (Å²) in [5, 5.41) is 8.61. The molecule has 60 valence electrons. The lowest BCUT2D eigenvalue weighted by atomic mass is 10.1. The van der Waals surface area contributed by atoms with Crippen molar-refractivity contribution in [2.24, 2.45) is 5.92 Å². The van der Waals surface area contributed by atoms with E-state index in [0.29, 0.717) is 0 Å². The van der Waals surface area contributed by atoms with E-state index in [1.807, 2.05) is 0 Å². The smallest absolute Gasteiger partial charge is 0.273 e. The maximum Gasteiger partial charge on any atom is 0.273 e. The predicted molar refractivity (Wildman–Crippen MR) is 34.0 cm³/mol. The maximum absolute atomic E-state index is 12.6. The molecule has 0 aliphatic heterocycles. The van der Waals surface area contributed by atoms with Gasteiger partial charge in [0, 0.05) is 6.42 Å². The fourth-order valence-electron chi connectivity index (χ4n) is 0.877. The van der Waals surface area contributed by atoms with Gasteiger partial charge in [0.15, 0.2) is 0 Å². The molecule has 0 amide bonds. The summed E-state index contributed by atoms with van der Waals surface area (Å²) in [4.78, 5) is 0. The summed E-state index contributed by atoms with van der Waals surface area (Å²) < 4.78 is 25.2. The molecule has 1 aliphatic carbocycles. The predicted octanol–water partition coefficient (Wildman–Crippen LogP) is 1.80. The molecule has 0 spiro atoms. The molecule has 0 bridgehead atoms. The molecule has 0 saturated heterocycles. The molecule has 0 aromatic carbocycles. The Bertz CT molecular complexity index is 119. The van der Waals surface area contributed by atoms with Crippen LogP contribution in [-0.2, 0) is 0 Å². The summed E-state index contributed by atoms with van der Waals surface area (Å²) in [6.45, 7) is 1.14. The average molecular weight is 150 g/mol. The van der Waals surface area contributed by atoms with E-state index in [2.05, 4.69) is 0 Å². The van der Waals surface area contributed by atoms with Gasteiger partial charge >= 0.3 is 0 Å². The van der Waals surface area contributed by atoms with Crippen molar-refractivity contribution in [3.8, 4) is 0 Å². The van der Waals surface area contributed by atoms with E-state index in [9.17, 15) is 8.78 Å². The molecule has 0 heterocycles. The number of hydrogen-bond donors (Lipinski definition) is 1. The van der Waals surface area contributed by atoms with Crippen LogP contribution in [0.1, 0.15) is 26.2 Å². The lowest BCUT2D eigenvalue weighted by molar-refractivity contribution is -0.108. The number of alkyl halides is 2. The third-order valence-corrected chi connectivity index (χ3v) is 1.87. The Hall–Kier alpha value is -0.180. The van der Waals surface area contributed by atoms with Crippen LogP contribution < -0.4 is 0 Å². The van der Waals surface area contributed by atoms with Gasteiger partial charge in [-0.2, -0.15) is 0 Å². The number of aliphatic hydroxyl groups excluding tert-OH is 1. The molecule has 0 aromatic rings. The summed E-state index contributed by atoms with van der Waals surface area (Å²) in [6, 6.07) is 0. The summed E-state index contributed by atoms with van der Waals surface area (Å²) in [5.74, 6) is -2.69. The van der Waals surface area contributed by atoms with Crippen molar-refractivity contribution in [2.75, 3.05) is 0 Å². The third-order valence-electron chi connectivity index (χ3n) is 1.87. The molecule has 3 heteroatoms. The molecule has 1 aliphatic rings. The van der Waals surface area contributed by atoms with Crippen LogP contribution in [0.4, 0.5) is 8.78 Å². The Morgan fingerprint density at radius 2 is 2.10 bits per heavy atom. The van der Waals surface area contributed by atoms with Gasteiger partial charge in [0.25, 0.3) is 5.92 Å². The first kappa shape index (κ1) is 7.92. The summed E-state index contributed by atoms with van der Waals surface area (Å²) in [6.07, 6.45) is 0.183. The molecule has 1 atom stereocenters. The van der Waals surface area contributed by atoms with Crippen molar-refractivity contribution in [3.63, 3.8) is 0 Å². The summed E-state index contributed by atoms with van der Waals surface area (Å²) >= 11 is 0. The SMILES string of the molecule is CC(O)C(F)(F)CC1CC1. The zero-order valence-electron chi connectivity index (χ0n) is 5.98. The highest BCUT2D eigenvalue weighted by Gasteiger charge is 2.40. The lowest BCUT2D eigenvalue weighted by Crippen LogP contribution is -2.31. The molecule has 0 radical (unpaired) electrons. The van der Waals surface area contributed by atoms with Gasteiger partial charge in [-0.05, 0) is 25.7 Å². The van der Waals surface area contributed by atoms with Crippen LogP contribution in [0.25, 0.3) is 0 Å². The van der Waals surface area contributed by atoms with Gasteiger partial charge in [-0.15, -0.1) is 0 Å². The van der Waals surface area contributed by atoms with Crippen molar-refractivity contribution in [1.29, 1.82) is 0 Å². The van der Waals surface area contributed by atoms with E-state index >= 15 is 0 Å². The van der Waals surface area contributed by atoms with Crippen LogP contribution in [0, 0.1) is 5.92 Å². The van der Waals surface area contributed by atoms with Crippen LogP contribution in [0.2, 0.25) is 0 Å². The maximum atomic E-state index is 12.6. The Kier molecular flexibility index (Phi) is 1.95. The molecule has 10 heavy (non-hydrogen) atoms. The van der Waals surface area contributed by atoms with Crippen LogP contribution in [0.3, 0.4) is 0 Å². The van der Waals surface area contributed by atoms with E-state index in [1.54, 1.807) is 0 Å². The Balaban J connectivity index is 2.33. The molecule has 0 aromatic heterocycles. The number of rotatable bonds is 3. The first-order chi connectivity index (χ1) is 4.52. The zero-order valence-corrected chi connectivity index (χ0v) is 5.98. The van der Waals surface area contributed by atoms with Crippen molar-refractivity contribution in [3.05, 3.63) is 0 Å².